The fraction of sp³-hybridized carbons (Fsp3) is 0.108. The quantitative estimate of drug-likeness (QED) is 0.159. The minimum Gasteiger partial charge on any atom is -0.456 e. The van der Waals surface area contributed by atoms with Crippen LogP contribution in [0.15, 0.2) is 236 Å². The lowest BCUT2D eigenvalue weighted by molar-refractivity contribution is 0.590. The second-order valence-electron chi connectivity index (χ2n) is 24.5. The molecule has 0 saturated heterocycles. The van der Waals surface area contributed by atoms with Crippen molar-refractivity contribution in [3.05, 3.63) is 230 Å². The maximum absolute atomic E-state index is 6.88. The highest BCUT2D eigenvalue weighted by Gasteiger charge is 2.45. The number of hydrogen-bond acceptors (Lipinski definition) is 7. The van der Waals surface area contributed by atoms with E-state index in [1.807, 2.05) is 12.1 Å². The first-order valence-electron chi connectivity index (χ1n) is 28.4. The number of furan rings is 4. The van der Waals surface area contributed by atoms with E-state index in [9.17, 15) is 0 Å². The van der Waals surface area contributed by atoms with Gasteiger partial charge in [-0.1, -0.05) is 139 Å². The Balaban J connectivity index is 1.04. The van der Waals surface area contributed by atoms with Gasteiger partial charge in [0.25, 0.3) is 6.71 Å². The van der Waals surface area contributed by atoms with Crippen molar-refractivity contribution in [2.45, 2.75) is 52.4 Å². The fourth-order valence-corrected chi connectivity index (χ4v) is 13.5. The topological polar surface area (TPSA) is 62.3 Å². The van der Waals surface area contributed by atoms with Crippen LogP contribution in [0.2, 0.25) is 0 Å². The highest BCUT2D eigenvalue weighted by atomic mass is 16.3. The number of nitrogens with zero attached hydrogens (tertiary/aromatic N) is 3. The zero-order chi connectivity index (χ0) is 54.9. The molecule has 11 aromatic carbocycles. The zero-order valence-electron chi connectivity index (χ0n) is 46.3. The third-order valence-electron chi connectivity index (χ3n) is 17.5. The summed E-state index contributed by atoms with van der Waals surface area (Å²) < 4.78 is 26.9. The fourth-order valence-electron chi connectivity index (χ4n) is 13.5. The molecule has 0 fully saturated rings. The average Bonchev–Trinajstić information content (AvgIpc) is 1.54. The number of rotatable bonds is 5. The number of benzene rings is 11. The summed E-state index contributed by atoms with van der Waals surface area (Å²) in [5.74, 6) is 0. The van der Waals surface area contributed by atoms with Crippen molar-refractivity contribution in [1.29, 1.82) is 0 Å². The molecule has 0 saturated carbocycles. The molecule has 6 heterocycles. The predicted molar refractivity (Wildman–Crippen MR) is 342 cm³/mol. The monoisotopic (exact) mass is 1060 g/mol. The molecule has 82 heavy (non-hydrogen) atoms. The lowest BCUT2D eigenvalue weighted by Gasteiger charge is -2.45. The van der Waals surface area contributed by atoms with Gasteiger partial charge in [0, 0.05) is 88.6 Å². The van der Waals surface area contributed by atoms with E-state index in [0.717, 1.165) is 155 Å². The summed E-state index contributed by atoms with van der Waals surface area (Å²) in [6.45, 7) is 13.5. The Hall–Kier alpha value is -9.92. The van der Waals surface area contributed by atoms with Gasteiger partial charge in [-0.15, -0.1) is 0 Å². The van der Waals surface area contributed by atoms with E-state index in [2.05, 4.69) is 262 Å². The number of anilines is 9. The molecule has 7 nitrogen and oxygen atoms in total. The van der Waals surface area contributed by atoms with Gasteiger partial charge >= 0.3 is 0 Å². The standard InChI is InChI=1S/C74H54BN3O4/c1-73(2,3)43-17-15-19-45(33-43)76(46-20-16-18-44(34-46)74(4,5)6)49-37-62-72-63(38-49)78(48-30-32-69-55(36-48)51-22-8-12-26-65(51)80-69)61-40-57-53-24-10-14-28-67(53)82-71(57)42-59(61)75(72)58-41-70-56(52-23-9-13-27-66(52)81-70)39-60(58)77(62)47-29-31-68-54(35-47)50-21-7-11-25-64(50)79-68/h7-42H,1-6H3. The molecule has 15 aromatic rings. The molecule has 2 aliphatic rings. The van der Waals surface area contributed by atoms with Crippen LogP contribution in [0.1, 0.15) is 52.7 Å². The minimum absolute atomic E-state index is 0.109. The molecular weight excluding hydrogens is 1010 g/mol. The van der Waals surface area contributed by atoms with Gasteiger partial charge in [-0.3, -0.25) is 0 Å². The highest BCUT2D eigenvalue weighted by Crippen LogP contribution is 2.52. The highest BCUT2D eigenvalue weighted by molar-refractivity contribution is 7.00. The van der Waals surface area contributed by atoms with Crippen molar-refractivity contribution in [2.75, 3.05) is 14.7 Å². The summed E-state index contributed by atoms with van der Waals surface area (Å²) in [6.07, 6.45) is 0. The van der Waals surface area contributed by atoms with Crippen LogP contribution in [0.3, 0.4) is 0 Å². The van der Waals surface area contributed by atoms with Crippen molar-refractivity contribution in [2.24, 2.45) is 0 Å². The molecule has 0 N–H and O–H groups in total. The molecule has 0 bridgehead atoms. The van der Waals surface area contributed by atoms with E-state index in [1.54, 1.807) is 0 Å². The predicted octanol–water partition coefficient (Wildman–Crippen LogP) is 19.4. The van der Waals surface area contributed by atoms with Crippen LogP contribution in [-0.4, -0.2) is 6.71 Å². The third-order valence-corrected chi connectivity index (χ3v) is 17.5. The Bertz CT molecular complexity index is 4880. The summed E-state index contributed by atoms with van der Waals surface area (Å²) in [5, 5.41) is 8.50. The van der Waals surface area contributed by atoms with Crippen LogP contribution < -0.4 is 31.1 Å². The van der Waals surface area contributed by atoms with Crippen LogP contribution in [0.25, 0.3) is 87.8 Å². The molecule has 0 spiro atoms. The van der Waals surface area contributed by atoms with Crippen LogP contribution in [-0.2, 0) is 10.8 Å². The van der Waals surface area contributed by atoms with Gasteiger partial charge in [0.1, 0.15) is 44.7 Å². The summed E-state index contributed by atoms with van der Waals surface area (Å²) >= 11 is 0. The van der Waals surface area contributed by atoms with E-state index in [0.29, 0.717) is 0 Å². The van der Waals surface area contributed by atoms with E-state index in [-0.39, 0.29) is 17.5 Å². The Morgan fingerprint density at radius 3 is 1.07 bits per heavy atom. The minimum atomic E-state index is -0.273. The molecule has 8 heteroatoms. The van der Waals surface area contributed by atoms with Crippen molar-refractivity contribution >= 4 is 162 Å². The van der Waals surface area contributed by atoms with Crippen molar-refractivity contribution in [3.63, 3.8) is 0 Å². The number of fused-ring (bicyclic) bond motifs is 16. The Morgan fingerprint density at radius 2 is 0.671 bits per heavy atom. The van der Waals surface area contributed by atoms with Crippen LogP contribution in [0.5, 0.6) is 0 Å². The Labute approximate surface area is 473 Å². The van der Waals surface area contributed by atoms with Crippen LogP contribution >= 0.6 is 0 Å². The normalized spacial score (nSPS) is 13.4. The van der Waals surface area contributed by atoms with Crippen LogP contribution in [0.4, 0.5) is 51.2 Å². The lowest BCUT2D eigenvalue weighted by atomic mass is 9.33. The molecule has 0 amide bonds. The molecule has 0 unspecified atom stereocenters. The van der Waals surface area contributed by atoms with E-state index < -0.39 is 0 Å². The maximum Gasteiger partial charge on any atom is 0.252 e. The molecule has 392 valence electrons. The Morgan fingerprint density at radius 1 is 0.305 bits per heavy atom. The molecule has 0 atom stereocenters. The molecular formula is C74H54BN3O4. The van der Waals surface area contributed by atoms with Crippen molar-refractivity contribution in [1.82, 2.24) is 0 Å². The van der Waals surface area contributed by atoms with E-state index in [1.165, 1.54) is 11.1 Å². The van der Waals surface area contributed by atoms with Crippen molar-refractivity contribution < 1.29 is 17.7 Å². The first-order chi connectivity index (χ1) is 39.9. The molecule has 2 aliphatic heterocycles. The van der Waals surface area contributed by atoms with Gasteiger partial charge in [0.05, 0.1) is 5.69 Å². The largest absolute Gasteiger partial charge is 0.456 e. The van der Waals surface area contributed by atoms with Gasteiger partial charge in [-0.25, -0.2) is 0 Å². The molecule has 4 aromatic heterocycles. The summed E-state index contributed by atoms with van der Waals surface area (Å²) in [6, 6.07) is 79.5. The van der Waals surface area contributed by atoms with Gasteiger partial charge in [0.15, 0.2) is 0 Å². The Kier molecular flexibility index (Phi) is 9.63. The zero-order valence-corrected chi connectivity index (χ0v) is 46.3. The third kappa shape index (κ3) is 6.91. The van der Waals surface area contributed by atoms with E-state index in [4.69, 9.17) is 17.7 Å². The maximum atomic E-state index is 6.88. The average molecular weight is 1060 g/mol. The second-order valence-corrected chi connectivity index (χ2v) is 24.5. The smallest absolute Gasteiger partial charge is 0.252 e. The first-order valence-corrected chi connectivity index (χ1v) is 28.4. The molecule has 0 aliphatic carbocycles. The van der Waals surface area contributed by atoms with Gasteiger partial charge < -0.3 is 32.4 Å². The molecule has 0 radical (unpaired) electrons. The second kappa shape index (κ2) is 16.8. The SMILES string of the molecule is CC(C)(C)c1cccc(N(c2cccc(C(C)(C)C)c2)c2cc3c4c(c2)N(c2ccc5oc6ccccc6c5c2)c2cc5c(cc2B4c2cc4oc6ccccc6c4cc2N3c2ccc3oc4ccccc4c3c2)oc2ccccc25)c1. The van der Waals surface area contributed by atoms with E-state index >= 15 is 0 Å². The lowest BCUT2D eigenvalue weighted by Crippen LogP contribution is -2.61. The van der Waals surface area contributed by atoms with Crippen LogP contribution in [0, 0.1) is 0 Å². The van der Waals surface area contributed by atoms with Gasteiger partial charge in [0.2, 0.25) is 0 Å². The van der Waals surface area contributed by atoms with Gasteiger partial charge in [-0.2, -0.15) is 0 Å². The summed E-state index contributed by atoms with van der Waals surface area (Å²) in [7, 11) is 0. The number of hydrogen-bond donors (Lipinski definition) is 0. The van der Waals surface area contributed by atoms with Crippen molar-refractivity contribution in [3.8, 4) is 0 Å². The first kappa shape index (κ1) is 46.9. The molecule has 17 rings (SSSR count). The van der Waals surface area contributed by atoms with Gasteiger partial charge in [-0.05, 0) is 160 Å². The summed E-state index contributed by atoms with van der Waals surface area (Å²) in [5.41, 5.74) is 21.9. The number of para-hydroxylation sites is 4. The summed E-state index contributed by atoms with van der Waals surface area (Å²) in [4.78, 5) is 7.51.